The molecule has 0 N–H and O–H groups in total. The van der Waals surface area contributed by atoms with Crippen LogP contribution in [0.5, 0.6) is 0 Å². The van der Waals surface area contributed by atoms with Gasteiger partial charge in [-0.15, -0.1) is 0 Å². The third-order valence-electron chi connectivity index (χ3n) is 0. The summed E-state index contributed by atoms with van der Waals surface area (Å²) in [5.74, 6) is 0. The molecule has 0 atom stereocenters. The van der Waals surface area contributed by atoms with Crippen molar-refractivity contribution in [1.82, 2.24) is 0 Å². The monoisotopic (exact) mass is 300 g/mol. The third-order valence-corrected chi connectivity index (χ3v) is 0. The largest absolute Gasteiger partial charge is 1.00 e. The number of rotatable bonds is 0. The molecule has 0 nitrogen and oxygen atoms in total. The number of hydrogen-bond acceptors (Lipinski definition) is 0. The average molecular weight is 300 g/mol. The fourth-order valence-corrected chi connectivity index (χ4v) is 0. The number of hydrogen-bond donors (Lipinski definition) is 0. The quantitative estimate of drug-likeness (QED) is 0.421. The first-order valence-corrected chi connectivity index (χ1v) is 0. The van der Waals surface area contributed by atoms with Gasteiger partial charge in [0.2, 0.25) is 0 Å². The molecule has 0 saturated carbocycles. The average Bonchev–Trinajstić information content (AvgIpc) is 0. The fourth-order valence-electron chi connectivity index (χ4n) is 0. The van der Waals surface area contributed by atoms with Crippen LogP contribution in [-0.4, -0.2) is 0 Å². The molecule has 0 heterocycles. The van der Waals surface area contributed by atoms with Gasteiger partial charge in [0.05, 0.1) is 0 Å². The van der Waals surface area contributed by atoms with Gasteiger partial charge in [0.15, 0.2) is 0 Å². The van der Waals surface area contributed by atoms with Gasteiger partial charge in [-0.1, -0.05) is 0 Å². The van der Waals surface area contributed by atoms with E-state index < -0.39 is 0 Å². The molecular weight excluding hydrogens is 299 g/mol. The van der Waals surface area contributed by atoms with Crippen LogP contribution in [0.3, 0.4) is 0 Å². The van der Waals surface area contributed by atoms with Gasteiger partial charge in [-0.05, 0) is 0 Å². The molecule has 0 fully saturated rings. The molecule has 0 spiro atoms. The molecule has 0 saturated heterocycles. The van der Waals surface area contributed by atoms with Crippen molar-refractivity contribution in [3.05, 3.63) is 0 Å². The molecule has 0 bridgehead atoms. The first-order valence-electron chi connectivity index (χ1n) is 0. The molecule has 0 aromatic rings. The van der Waals surface area contributed by atoms with E-state index in [0.717, 1.165) is 0 Å². The van der Waals surface area contributed by atoms with Crippen molar-refractivity contribution >= 4 is 0 Å². The van der Waals surface area contributed by atoms with Crippen molar-refractivity contribution in [3.8, 4) is 0 Å². The maximum absolute atomic E-state index is 0. The van der Waals surface area contributed by atoms with E-state index in [0.29, 0.717) is 0 Å². The van der Waals surface area contributed by atoms with E-state index >= 15 is 0 Å². The van der Waals surface area contributed by atoms with Gasteiger partial charge in [-0.3, -0.25) is 0 Å². The summed E-state index contributed by atoms with van der Waals surface area (Å²) >= 11 is 0. The van der Waals surface area contributed by atoms with Crippen molar-refractivity contribution in [2.75, 3.05) is 0 Å². The molecule has 6 heavy (non-hydrogen) atoms. The first kappa shape index (κ1) is 53.0. The predicted molar refractivity (Wildman–Crippen MR) is 1.11 cm³/mol. The van der Waals surface area contributed by atoms with E-state index in [1.54, 1.807) is 0 Å². The van der Waals surface area contributed by atoms with Crippen LogP contribution in [0.4, 0.5) is 0 Å². The maximum atomic E-state index is 0. The summed E-state index contributed by atoms with van der Waals surface area (Å²) in [7, 11) is 0. The van der Waals surface area contributed by atoms with Gasteiger partial charge < -0.3 is 1.43 Å². The Bertz CT molecular complexity index is 19.7. The second-order valence-electron chi connectivity index (χ2n) is 0. The van der Waals surface area contributed by atoms with Gasteiger partial charge in [0.1, 0.15) is 0 Å². The van der Waals surface area contributed by atoms with Gasteiger partial charge >= 0.3 is 29.6 Å². The van der Waals surface area contributed by atoms with Crippen LogP contribution in [0.1, 0.15) is 1.43 Å². The maximum Gasteiger partial charge on any atom is 1.00 e. The van der Waals surface area contributed by atoms with Gasteiger partial charge in [0, 0.05) is 89.1 Å². The summed E-state index contributed by atoms with van der Waals surface area (Å²) in [4.78, 5) is 0. The Kier molecular flexibility index (Phi) is 330. The molecular formula is HCoFeMnNaNiTi. The summed E-state index contributed by atoms with van der Waals surface area (Å²) in [5, 5.41) is 0. The summed E-state index contributed by atoms with van der Waals surface area (Å²) < 4.78 is 0. The van der Waals surface area contributed by atoms with Gasteiger partial charge in [0.25, 0.3) is 0 Å². The Labute approximate surface area is 118 Å². The molecule has 0 unspecified atom stereocenters. The zero-order valence-corrected chi connectivity index (χ0v) is 10.8. The van der Waals surface area contributed by atoms with Gasteiger partial charge in [-0.2, -0.15) is 0 Å². The third kappa shape index (κ3) is 25.1. The Hall–Kier alpha value is 3.75. The van der Waals surface area contributed by atoms with Crippen LogP contribution < -0.4 is 29.6 Å². The zero-order chi connectivity index (χ0) is 0. The second kappa shape index (κ2) is 37.4. The molecule has 40 valence electrons. The molecule has 6 heteroatoms. The second-order valence-corrected chi connectivity index (χ2v) is 0. The van der Waals surface area contributed by atoms with E-state index in [1.165, 1.54) is 0 Å². The van der Waals surface area contributed by atoms with Crippen LogP contribution >= 0.6 is 0 Å². The Morgan fingerprint density at radius 2 is 1.17 bits per heavy atom. The van der Waals surface area contributed by atoms with Crippen molar-refractivity contribution in [3.63, 3.8) is 0 Å². The predicted octanol–water partition coefficient (Wildman–Crippen LogP) is -2.90. The molecule has 0 aromatic heterocycles. The zero-order valence-electron chi connectivity index (χ0n) is 3.88. The van der Waals surface area contributed by atoms with Gasteiger partial charge in [-0.25, -0.2) is 0 Å². The first-order chi connectivity index (χ1) is 0. The van der Waals surface area contributed by atoms with Crippen LogP contribution in [0.15, 0.2) is 0 Å². The normalized spacial score (nSPS) is 0. The van der Waals surface area contributed by atoms with E-state index in [2.05, 4.69) is 0 Å². The van der Waals surface area contributed by atoms with Crippen molar-refractivity contribution in [2.45, 2.75) is 0 Å². The molecule has 0 aliphatic rings. The molecule has 0 aromatic carbocycles. The van der Waals surface area contributed by atoms with E-state index in [-0.39, 0.29) is 120 Å². The standard InChI is InChI=1S/Co.Fe.Mn.Na.Ni.Ti.H/q;;;+1;;;-1. The summed E-state index contributed by atoms with van der Waals surface area (Å²) in [6.45, 7) is 0. The fraction of sp³-hybridized carbons (Fsp3) is 0. The van der Waals surface area contributed by atoms with E-state index in [9.17, 15) is 0 Å². The molecule has 0 amide bonds. The minimum Gasteiger partial charge on any atom is -1.00 e. The van der Waals surface area contributed by atoms with Crippen molar-refractivity contribution in [1.29, 1.82) is 0 Å². The SMILES string of the molecule is [Co].[Fe].[H-].[Mn].[Na+].[Ni].[Ti]. The molecule has 0 rings (SSSR count). The summed E-state index contributed by atoms with van der Waals surface area (Å²) in [6.07, 6.45) is 0. The Balaban J connectivity index is 0. The molecule has 0 aliphatic carbocycles. The van der Waals surface area contributed by atoms with E-state index in [4.69, 9.17) is 0 Å². The molecule has 0 aliphatic heterocycles. The topological polar surface area (TPSA) is 0 Å². The van der Waals surface area contributed by atoms with Crippen LogP contribution in [-0.2, 0) is 89.1 Å². The Morgan fingerprint density at radius 1 is 1.17 bits per heavy atom. The Morgan fingerprint density at radius 3 is 1.17 bits per heavy atom. The van der Waals surface area contributed by atoms with Crippen LogP contribution in [0.25, 0.3) is 0 Å². The summed E-state index contributed by atoms with van der Waals surface area (Å²) in [6, 6.07) is 0. The van der Waals surface area contributed by atoms with Crippen molar-refractivity contribution < 1.29 is 120 Å². The minimum atomic E-state index is 0. The van der Waals surface area contributed by atoms with Crippen LogP contribution in [0.2, 0.25) is 0 Å². The minimum absolute atomic E-state index is 0. The van der Waals surface area contributed by atoms with Crippen molar-refractivity contribution in [2.24, 2.45) is 0 Å². The summed E-state index contributed by atoms with van der Waals surface area (Å²) in [5.41, 5.74) is 0. The smallest absolute Gasteiger partial charge is 1.00 e. The van der Waals surface area contributed by atoms with E-state index in [1.807, 2.05) is 0 Å². The van der Waals surface area contributed by atoms with Crippen LogP contribution in [0, 0.1) is 0 Å². The molecule has 2 radical (unpaired) electrons.